The molecule has 1 aliphatic carbocycles. The summed E-state index contributed by atoms with van der Waals surface area (Å²) in [6, 6.07) is 13.8. The molecule has 2 aromatic rings. The zero-order valence-corrected chi connectivity index (χ0v) is 12.6. The minimum atomic E-state index is -0.194. The number of aliphatic hydroxyl groups is 1. The van der Waals surface area contributed by atoms with Gasteiger partial charge in [0.15, 0.2) is 0 Å². The van der Waals surface area contributed by atoms with Crippen LogP contribution in [0, 0.1) is 5.92 Å². The fourth-order valence-electron chi connectivity index (χ4n) is 3.22. The molecule has 2 unspecified atom stereocenters. The maximum Gasteiger partial charge on any atom is 0.319 e. The molecule has 22 heavy (non-hydrogen) atoms. The number of rotatable bonds is 3. The van der Waals surface area contributed by atoms with Crippen molar-refractivity contribution in [1.82, 2.24) is 5.32 Å². The van der Waals surface area contributed by atoms with Crippen LogP contribution in [0.5, 0.6) is 0 Å². The van der Waals surface area contributed by atoms with Gasteiger partial charge in [-0.3, -0.25) is 0 Å². The molecule has 4 heteroatoms. The molecule has 4 nitrogen and oxygen atoms in total. The highest BCUT2D eigenvalue weighted by Gasteiger charge is 2.25. The number of hydrogen-bond acceptors (Lipinski definition) is 2. The highest BCUT2D eigenvalue weighted by molar-refractivity contribution is 5.93. The van der Waals surface area contributed by atoms with Gasteiger partial charge in [0.25, 0.3) is 0 Å². The molecule has 3 rings (SSSR count). The second-order valence-electron chi connectivity index (χ2n) is 5.99. The molecule has 2 atom stereocenters. The van der Waals surface area contributed by atoms with E-state index >= 15 is 0 Å². The highest BCUT2D eigenvalue weighted by atomic mass is 16.3. The van der Waals surface area contributed by atoms with Gasteiger partial charge >= 0.3 is 6.03 Å². The van der Waals surface area contributed by atoms with Crippen molar-refractivity contribution in [2.45, 2.75) is 31.7 Å². The van der Waals surface area contributed by atoms with E-state index in [4.69, 9.17) is 0 Å². The summed E-state index contributed by atoms with van der Waals surface area (Å²) in [4.78, 5) is 12.2. The zero-order valence-electron chi connectivity index (χ0n) is 12.6. The number of hydrogen-bond donors (Lipinski definition) is 3. The Balaban J connectivity index is 1.65. The van der Waals surface area contributed by atoms with Gasteiger partial charge in [0.2, 0.25) is 0 Å². The smallest absolute Gasteiger partial charge is 0.319 e. The lowest BCUT2D eigenvalue weighted by Crippen LogP contribution is -2.45. The summed E-state index contributed by atoms with van der Waals surface area (Å²) in [6.07, 6.45) is 4.17. The van der Waals surface area contributed by atoms with Crippen LogP contribution in [0.25, 0.3) is 10.8 Å². The van der Waals surface area contributed by atoms with E-state index < -0.39 is 0 Å². The Bertz CT molecular complexity index is 656. The monoisotopic (exact) mass is 298 g/mol. The first-order valence-electron chi connectivity index (χ1n) is 7.93. The van der Waals surface area contributed by atoms with Crippen LogP contribution in [0.1, 0.15) is 25.7 Å². The summed E-state index contributed by atoms with van der Waals surface area (Å²) >= 11 is 0. The number of anilines is 1. The number of amides is 2. The van der Waals surface area contributed by atoms with E-state index in [1.165, 1.54) is 0 Å². The highest BCUT2D eigenvalue weighted by Crippen LogP contribution is 2.24. The molecular weight excluding hydrogens is 276 g/mol. The van der Waals surface area contributed by atoms with Crippen molar-refractivity contribution in [1.29, 1.82) is 0 Å². The molecule has 1 saturated carbocycles. The summed E-state index contributed by atoms with van der Waals surface area (Å²) in [5, 5.41) is 17.6. The Morgan fingerprint density at radius 2 is 1.86 bits per heavy atom. The Labute approximate surface area is 130 Å². The van der Waals surface area contributed by atoms with Crippen molar-refractivity contribution in [3.8, 4) is 0 Å². The van der Waals surface area contributed by atoms with Crippen molar-refractivity contribution in [2.75, 3.05) is 11.9 Å². The Hall–Kier alpha value is -2.07. The SMILES string of the molecule is O=C(Nc1ccc2ccccc2c1)NC1CCCCC1CO. The molecule has 1 aliphatic rings. The lowest BCUT2D eigenvalue weighted by molar-refractivity contribution is 0.156. The molecule has 0 saturated heterocycles. The molecule has 0 aromatic heterocycles. The summed E-state index contributed by atoms with van der Waals surface area (Å²) in [5.74, 6) is 0.177. The number of aliphatic hydroxyl groups excluding tert-OH is 1. The summed E-state index contributed by atoms with van der Waals surface area (Å²) in [7, 11) is 0. The molecule has 0 spiro atoms. The normalized spacial score (nSPS) is 21.5. The van der Waals surface area contributed by atoms with Gasteiger partial charge in [0.1, 0.15) is 0 Å². The quantitative estimate of drug-likeness (QED) is 0.812. The molecule has 2 amide bonds. The average Bonchev–Trinajstić information content (AvgIpc) is 2.55. The third kappa shape index (κ3) is 3.39. The first kappa shape index (κ1) is 14.9. The van der Waals surface area contributed by atoms with E-state index in [2.05, 4.69) is 10.6 Å². The van der Waals surface area contributed by atoms with E-state index in [1.807, 2.05) is 42.5 Å². The fourth-order valence-corrected chi connectivity index (χ4v) is 3.22. The fraction of sp³-hybridized carbons (Fsp3) is 0.389. The van der Waals surface area contributed by atoms with Crippen LogP contribution in [0.3, 0.4) is 0 Å². The summed E-state index contributed by atoms with van der Waals surface area (Å²) < 4.78 is 0. The van der Waals surface area contributed by atoms with Gasteiger partial charge in [-0.05, 0) is 35.7 Å². The second-order valence-corrected chi connectivity index (χ2v) is 5.99. The topological polar surface area (TPSA) is 61.4 Å². The largest absolute Gasteiger partial charge is 0.396 e. The molecule has 0 aliphatic heterocycles. The molecular formula is C18H22N2O2. The Morgan fingerprint density at radius 3 is 2.68 bits per heavy atom. The summed E-state index contributed by atoms with van der Waals surface area (Å²) in [5.41, 5.74) is 0.785. The van der Waals surface area contributed by atoms with E-state index in [0.717, 1.165) is 42.1 Å². The van der Waals surface area contributed by atoms with Crippen LogP contribution in [0.15, 0.2) is 42.5 Å². The Morgan fingerprint density at radius 1 is 1.09 bits per heavy atom. The summed E-state index contributed by atoms with van der Waals surface area (Å²) in [6.45, 7) is 0.140. The maximum absolute atomic E-state index is 12.2. The van der Waals surface area contributed by atoms with Gasteiger partial charge in [-0.25, -0.2) is 4.79 Å². The molecule has 1 fully saturated rings. The van der Waals surface area contributed by atoms with Gasteiger partial charge in [0.05, 0.1) is 0 Å². The van der Waals surface area contributed by atoms with Gasteiger partial charge < -0.3 is 15.7 Å². The lowest BCUT2D eigenvalue weighted by Gasteiger charge is -2.30. The Kier molecular flexibility index (Phi) is 4.59. The van der Waals surface area contributed by atoms with Crippen molar-refractivity contribution >= 4 is 22.5 Å². The standard InChI is InChI=1S/C18H22N2O2/c21-12-15-7-3-4-8-17(15)20-18(22)19-16-10-9-13-5-1-2-6-14(13)11-16/h1-2,5-6,9-11,15,17,21H,3-4,7-8,12H2,(H2,19,20,22). The van der Waals surface area contributed by atoms with Crippen molar-refractivity contribution in [3.05, 3.63) is 42.5 Å². The number of nitrogens with one attached hydrogen (secondary N) is 2. The van der Waals surface area contributed by atoms with Crippen molar-refractivity contribution in [2.24, 2.45) is 5.92 Å². The number of fused-ring (bicyclic) bond motifs is 1. The number of benzene rings is 2. The van der Waals surface area contributed by atoms with E-state index in [1.54, 1.807) is 0 Å². The minimum absolute atomic E-state index is 0.0687. The van der Waals surface area contributed by atoms with Crippen LogP contribution >= 0.6 is 0 Å². The van der Waals surface area contributed by atoms with Gasteiger partial charge in [-0.1, -0.05) is 43.2 Å². The molecule has 0 bridgehead atoms. The molecule has 0 heterocycles. The third-order valence-corrected chi connectivity index (χ3v) is 4.47. The first-order chi connectivity index (χ1) is 10.8. The van der Waals surface area contributed by atoms with E-state index in [-0.39, 0.29) is 24.6 Å². The van der Waals surface area contributed by atoms with Crippen LogP contribution in [0.4, 0.5) is 10.5 Å². The average molecular weight is 298 g/mol. The van der Waals surface area contributed by atoms with Crippen LogP contribution < -0.4 is 10.6 Å². The van der Waals surface area contributed by atoms with Gasteiger partial charge in [-0.2, -0.15) is 0 Å². The van der Waals surface area contributed by atoms with Crippen LogP contribution in [-0.2, 0) is 0 Å². The van der Waals surface area contributed by atoms with Crippen molar-refractivity contribution < 1.29 is 9.90 Å². The lowest BCUT2D eigenvalue weighted by atomic mass is 9.85. The van der Waals surface area contributed by atoms with Crippen LogP contribution in [-0.4, -0.2) is 23.8 Å². The first-order valence-corrected chi connectivity index (χ1v) is 7.93. The van der Waals surface area contributed by atoms with Crippen LogP contribution in [0.2, 0.25) is 0 Å². The third-order valence-electron chi connectivity index (χ3n) is 4.47. The van der Waals surface area contributed by atoms with Crippen molar-refractivity contribution in [3.63, 3.8) is 0 Å². The molecule has 116 valence electrons. The number of urea groups is 1. The molecule has 3 N–H and O–H groups in total. The predicted octanol–water partition coefficient (Wildman–Crippen LogP) is 3.51. The predicted molar refractivity (Wildman–Crippen MR) is 88.9 cm³/mol. The number of carbonyl (C=O) groups excluding carboxylic acids is 1. The number of carbonyl (C=O) groups is 1. The molecule has 0 radical (unpaired) electrons. The second kappa shape index (κ2) is 6.79. The van der Waals surface area contributed by atoms with E-state index in [0.29, 0.717) is 0 Å². The molecule has 2 aromatic carbocycles. The zero-order chi connectivity index (χ0) is 15.4. The van der Waals surface area contributed by atoms with Gasteiger partial charge in [0, 0.05) is 24.3 Å². The van der Waals surface area contributed by atoms with Gasteiger partial charge in [-0.15, -0.1) is 0 Å². The maximum atomic E-state index is 12.2. The van der Waals surface area contributed by atoms with E-state index in [9.17, 15) is 9.90 Å². The minimum Gasteiger partial charge on any atom is -0.396 e.